The third-order valence-corrected chi connectivity index (χ3v) is 4.01. The second kappa shape index (κ2) is 8.52. The van der Waals surface area contributed by atoms with Gasteiger partial charge in [-0.15, -0.1) is 12.4 Å². The quantitative estimate of drug-likeness (QED) is 0.644. The monoisotopic (exact) mass is 343 g/mol. The number of para-hydroxylation sites is 1. The molecule has 1 unspecified atom stereocenters. The topological polar surface area (TPSA) is 70.9 Å². The minimum Gasteiger partial charge on any atom is -0.361 e. The fourth-order valence-corrected chi connectivity index (χ4v) is 2.74. The normalized spacial score (nSPS) is 11.7. The largest absolute Gasteiger partial charge is 0.361 e. The number of carbonyl (C=O) groups is 1. The number of hydrogen-bond acceptors (Lipinski definition) is 2. The second-order valence-electron chi connectivity index (χ2n) is 5.70. The van der Waals surface area contributed by atoms with Crippen LogP contribution in [0.3, 0.4) is 0 Å². The third-order valence-electron chi connectivity index (χ3n) is 4.01. The van der Waals surface area contributed by atoms with Gasteiger partial charge in [-0.1, -0.05) is 48.5 Å². The molecule has 1 atom stereocenters. The first-order valence-electron chi connectivity index (χ1n) is 7.86. The van der Waals surface area contributed by atoms with E-state index in [0.717, 1.165) is 22.9 Å². The molecule has 4 N–H and O–H groups in total. The first-order valence-corrected chi connectivity index (χ1v) is 7.86. The Labute approximate surface area is 147 Å². The van der Waals surface area contributed by atoms with Crippen LogP contribution in [0, 0.1) is 0 Å². The highest BCUT2D eigenvalue weighted by Crippen LogP contribution is 2.18. The number of carbonyl (C=O) groups excluding carboxylic acids is 1. The molecule has 3 aromatic rings. The number of nitrogens with one attached hydrogen (secondary N) is 2. The summed E-state index contributed by atoms with van der Waals surface area (Å²) in [5, 5.41) is 4.04. The maximum absolute atomic E-state index is 12.1. The van der Waals surface area contributed by atoms with Crippen LogP contribution in [0.15, 0.2) is 60.8 Å². The second-order valence-corrected chi connectivity index (χ2v) is 5.70. The van der Waals surface area contributed by atoms with Crippen LogP contribution in [-0.4, -0.2) is 23.5 Å². The Bertz CT molecular complexity index is 785. The van der Waals surface area contributed by atoms with Crippen molar-refractivity contribution in [3.63, 3.8) is 0 Å². The lowest BCUT2D eigenvalue weighted by Gasteiger charge is -2.12. The SMILES string of the molecule is Cl.NC(Cc1c[nH]c2ccccc12)C(=O)NCCc1ccccc1. The Morgan fingerprint density at radius 3 is 2.58 bits per heavy atom. The Morgan fingerprint density at radius 1 is 1.08 bits per heavy atom. The van der Waals surface area contributed by atoms with Crippen LogP contribution < -0.4 is 11.1 Å². The number of fused-ring (bicyclic) bond motifs is 1. The highest BCUT2D eigenvalue weighted by molar-refractivity contribution is 5.86. The van der Waals surface area contributed by atoms with Gasteiger partial charge in [0, 0.05) is 23.6 Å². The van der Waals surface area contributed by atoms with Crippen molar-refractivity contribution in [3.05, 3.63) is 71.9 Å². The van der Waals surface area contributed by atoms with Crippen molar-refractivity contribution in [1.29, 1.82) is 0 Å². The van der Waals surface area contributed by atoms with E-state index in [4.69, 9.17) is 5.73 Å². The zero-order valence-electron chi connectivity index (χ0n) is 13.4. The van der Waals surface area contributed by atoms with Crippen molar-refractivity contribution in [2.75, 3.05) is 6.54 Å². The highest BCUT2D eigenvalue weighted by atomic mass is 35.5. The summed E-state index contributed by atoms with van der Waals surface area (Å²) < 4.78 is 0. The highest BCUT2D eigenvalue weighted by Gasteiger charge is 2.15. The summed E-state index contributed by atoms with van der Waals surface area (Å²) in [6.45, 7) is 0.602. The van der Waals surface area contributed by atoms with E-state index in [1.54, 1.807) is 0 Å². The number of hydrogen-bond donors (Lipinski definition) is 3. The maximum atomic E-state index is 12.1. The molecule has 1 amide bonds. The molecule has 0 bridgehead atoms. The fourth-order valence-electron chi connectivity index (χ4n) is 2.74. The van der Waals surface area contributed by atoms with E-state index in [2.05, 4.69) is 22.4 Å². The molecule has 0 fully saturated rings. The summed E-state index contributed by atoms with van der Waals surface area (Å²) in [7, 11) is 0. The van der Waals surface area contributed by atoms with Gasteiger partial charge in [0.25, 0.3) is 0 Å². The number of halogens is 1. The number of H-pyrrole nitrogens is 1. The van der Waals surface area contributed by atoms with E-state index >= 15 is 0 Å². The lowest BCUT2D eigenvalue weighted by atomic mass is 10.0. The number of aromatic amines is 1. The zero-order chi connectivity index (χ0) is 16.1. The number of benzene rings is 2. The minimum absolute atomic E-state index is 0. The van der Waals surface area contributed by atoms with Crippen LogP contribution in [0.25, 0.3) is 10.9 Å². The number of nitrogens with two attached hydrogens (primary N) is 1. The van der Waals surface area contributed by atoms with E-state index in [1.807, 2.05) is 48.7 Å². The average molecular weight is 344 g/mol. The first kappa shape index (κ1) is 18.0. The molecule has 126 valence electrons. The molecule has 0 aliphatic heterocycles. The lowest BCUT2D eigenvalue weighted by molar-refractivity contribution is -0.122. The number of amides is 1. The summed E-state index contributed by atoms with van der Waals surface area (Å²) in [5.74, 6) is -0.105. The van der Waals surface area contributed by atoms with Crippen molar-refractivity contribution >= 4 is 29.2 Å². The van der Waals surface area contributed by atoms with E-state index in [0.29, 0.717) is 13.0 Å². The molecule has 0 aliphatic carbocycles. The first-order chi connectivity index (χ1) is 11.2. The van der Waals surface area contributed by atoms with Crippen LogP contribution >= 0.6 is 12.4 Å². The summed E-state index contributed by atoms with van der Waals surface area (Å²) in [6.07, 6.45) is 3.27. The van der Waals surface area contributed by atoms with Gasteiger partial charge in [-0.05, 0) is 30.0 Å². The van der Waals surface area contributed by atoms with Gasteiger partial charge in [0.15, 0.2) is 0 Å². The van der Waals surface area contributed by atoms with Gasteiger partial charge in [0.05, 0.1) is 6.04 Å². The van der Waals surface area contributed by atoms with Crippen LogP contribution in [0.5, 0.6) is 0 Å². The predicted octanol–water partition coefficient (Wildman–Crippen LogP) is 2.82. The van der Waals surface area contributed by atoms with Crippen molar-refractivity contribution in [2.24, 2.45) is 5.73 Å². The zero-order valence-corrected chi connectivity index (χ0v) is 14.2. The summed E-state index contributed by atoms with van der Waals surface area (Å²) >= 11 is 0. The average Bonchev–Trinajstić information content (AvgIpc) is 2.99. The molecule has 0 spiro atoms. The fraction of sp³-hybridized carbons (Fsp3) is 0.211. The molecular formula is C19H22ClN3O. The van der Waals surface area contributed by atoms with Gasteiger partial charge in [-0.25, -0.2) is 0 Å². The van der Waals surface area contributed by atoms with Crippen LogP contribution in [0.4, 0.5) is 0 Å². The smallest absolute Gasteiger partial charge is 0.237 e. The molecule has 0 saturated heterocycles. The summed E-state index contributed by atoms with van der Waals surface area (Å²) in [6, 6.07) is 17.6. The molecule has 0 radical (unpaired) electrons. The number of aromatic nitrogens is 1. The van der Waals surface area contributed by atoms with Crippen molar-refractivity contribution in [3.8, 4) is 0 Å². The summed E-state index contributed by atoms with van der Waals surface area (Å²) in [4.78, 5) is 15.4. The van der Waals surface area contributed by atoms with E-state index in [-0.39, 0.29) is 18.3 Å². The van der Waals surface area contributed by atoms with E-state index < -0.39 is 6.04 Å². The molecular weight excluding hydrogens is 322 g/mol. The number of rotatable bonds is 6. The van der Waals surface area contributed by atoms with Gasteiger partial charge < -0.3 is 16.0 Å². The molecule has 0 aliphatic rings. The third kappa shape index (κ3) is 4.37. The van der Waals surface area contributed by atoms with Gasteiger partial charge in [0.2, 0.25) is 5.91 Å². The molecule has 5 heteroatoms. The van der Waals surface area contributed by atoms with Gasteiger partial charge in [-0.2, -0.15) is 0 Å². The molecule has 1 heterocycles. The molecule has 1 aromatic heterocycles. The van der Waals surface area contributed by atoms with Crippen LogP contribution in [0.1, 0.15) is 11.1 Å². The van der Waals surface area contributed by atoms with Gasteiger partial charge in [-0.3, -0.25) is 4.79 Å². The van der Waals surface area contributed by atoms with E-state index in [9.17, 15) is 4.79 Å². The Balaban J connectivity index is 0.00000208. The van der Waals surface area contributed by atoms with E-state index in [1.165, 1.54) is 5.56 Å². The van der Waals surface area contributed by atoms with Crippen LogP contribution in [0.2, 0.25) is 0 Å². The molecule has 3 rings (SSSR count). The van der Waals surface area contributed by atoms with Gasteiger partial charge >= 0.3 is 0 Å². The molecule has 2 aromatic carbocycles. The van der Waals surface area contributed by atoms with Gasteiger partial charge in [0.1, 0.15) is 0 Å². The lowest BCUT2D eigenvalue weighted by Crippen LogP contribution is -2.42. The predicted molar refractivity (Wildman–Crippen MR) is 100 cm³/mol. The Kier molecular flexibility index (Phi) is 6.41. The molecule has 24 heavy (non-hydrogen) atoms. The van der Waals surface area contributed by atoms with Crippen molar-refractivity contribution in [2.45, 2.75) is 18.9 Å². The standard InChI is InChI=1S/C19H21N3O.ClH/c20-17(12-15-13-22-18-9-5-4-8-16(15)18)19(23)21-11-10-14-6-2-1-3-7-14;/h1-9,13,17,22H,10-12,20H2,(H,21,23);1H. The molecule has 0 saturated carbocycles. The van der Waals surface area contributed by atoms with Crippen molar-refractivity contribution < 1.29 is 4.79 Å². The summed E-state index contributed by atoms with van der Waals surface area (Å²) in [5.41, 5.74) is 9.40. The van der Waals surface area contributed by atoms with Crippen LogP contribution in [-0.2, 0) is 17.6 Å². The Morgan fingerprint density at radius 2 is 1.79 bits per heavy atom. The molecule has 4 nitrogen and oxygen atoms in total. The Hall–Kier alpha value is -2.30. The minimum atomic E-state index is -0.537. The van der Waals surface area contributed by atoms with Crippen molar-refractivity contribution in [1.82, 2.24) is 10.3 Å². The maximum Gasteiger partial charge on any atom is 0.237 e.